The molecule has 3 N–H and O–H groups in total. The van der Waals surface area contributed by atoms with Gasteiger partial charge in [0.1, 0.15) is 0 Å². The van der Waals surface area contributed by atoms with E-state index in [-0.39, 0.29) is 24.3 Å². The number of primary amides is 1. The molecular weight excluding hydrogens is 278 g/mol. The van der Waals surface area contributed by atoms with Crippen molar-refractivity contribution in [3.8, 4) is 0 Å². The number of carbonyl (C=O) groups excluding carboxylic acids is 2. The third-order valence-electron chi connectivity index (χ3n) is 3.40. The van der Waals surface area contributed by atoms with Crippen molar-refractivity contribution in [3.05, 3.63) is 29.3 Å². The summed E-state index contributed by atoms with van der Waals surface area (Å²) in [6, 6.07) is 6.95. The SMILES string of the molecule is NC(=O)[C@@H]1CCCN(CC(=O)Nc2ccc(Cl)cc2)C1. The molecule has 0 spiro atoms. The molecule has 6 heteroatoms. The third-order valence-corrected chi connectivity index (χ3v) is 3.66. The van der Waals surface area contributed by atoms with Gasteiger partial charge in [-0.05, 0) is 43.7 Å². The predicted molar refractivity (Wildman–Crippen MR) is 78.4 cm³/mol. The van der Waals surface area contributed by atoms with Gasteiger partial charge in [-0.15, -0.1) is 0 Å². The molecule has 1 aromatic carbocycles. The van der Waals surface area contributed by atoms with Crippen LogP contribution in [0, 0.1) is 5.92 Å². The number of hydrogen-bond acceptors (Lipinski definition) is 3. The summed E-state index contributed by atoms with van der Waals surface area (Å²) in [5.74, 6) is -0.530. The van der Waals surface area contributed by atoms with Crippen LogP contribution in [0.4, 0.5) is 5.69 Å². The summed E-state index contributed by atoms with van der Waals surface area (Å²) < 4.78 is 0. The molecule has 1 fully saturated rings. The number of piperidine rings is 1. The number of benzene rings is 1. The number of hydrogen-bond donors (Lipinski definition) is 2. The molecule has 20 heavy (non-hydrogen) atoms. The van der Waals surface area contributed by atoms with Crippen LogP contribution < -0.4 is 11.1 Å². The second kappa shape index (κ2) is 6.72. The summed E-state index contributed by atoms with van der Waals surface area (Å²) in [4.78, 5) is 25.1. The van der Waals surface area contributed by atoms with Crippen molar-refractivity contribution in [1.29, 1.82) is 0 Å². The van der Waals surface area contributed by atoms with Crippen molar-refractivity contribution < 1.29 is 9.59 Å². The molecule has 0 aromatic heterocycles. The van der Waals surface area contributed by atoms with Gasteiger partial charge in [0.2, 0.25) is 11.8 Å². The van der Waals surface area contributed by atoms with Crippen LogP contribution in [0.5, 0.6) is 0 Å². The van der Waals surface area contributed by atoms with Crippen LogP contribution in [0.15, 0.2) is 24.3 Å². The third kappa shape index (κ3) is 4.21. The maximum Gasteiger partial charge on any atom is 0.238 e. The minimum absolute atomic E-state index is 0.0996. The number of likely N-dealkylation sites (tertiary alicyclic amines) is 1. The Morgan fingerprint density at radius 3 is 2.70 bits per heavy atom. The Balaban J connectivity index is 1.85. The fourth-order valence-corrected chi connectivity index (χ4v) is 2.49. The summed E-state index contributed by atoms with van der Waals surface area (Å²) in [7, 11) is 0. The normalized spacial score (nSPS) is 19.6. The van der Waals surface area contributed by atoms with E-state index in [4.69, 9.17) is 17.3 Å². The van der Waals surface area contributed by atoms with E-state index in [2.05, 4.69) is 5.32 Å². The molecule has 0 radical (unpaired) electrons. The zero-order valence-electron chi connectivity index (χ0n) is 11.1. The second-order valence-electron chi connectivity index (χ2n) is 5.03. The van der Waals surface area contributed by atoms with Gasteiger partial charge in [0, 0.05) is 17.3 Å². The molecule has 5 nitrogen and oxygen atoms in total. The van der Waals surface area contributed by atoms with Crippen LogP contribution in [0.3, 0.4) is 0 Å². The molecule has 0 unspecified atom stereocenters. The van der Waals surface area contributed by atoms with Crippen LogP contribution >= 0.6 is 11.6 Å². The van der Waals surface area contributed by atoms with Gasteiger partial charge < -0.3 is 11.1 Å². The lowest BCUT2D eigenvalue weighted by Crippen LogP contribution is -2.44. The quantitative estimate of drug-likeness (QED) is 0.883. The van der Waals surface area contributed by atoms with Gasteiger partial charge >= 0.3 is 0 Å². The van der Waals surface area contributed by atoms with Crippen molar-refractivity contribution in [2.45, 2.75) is 12.8 Å². The standard InChI is InChI=1S/C14H18ClN3O2/c15-11-3-5-12(6-4-11)17-13(19)9-18-7-1-2-10(8-18)14(16)20/h3-6,10H,1-2,7-9H2,(H2,16,20)(H,17,19)/t10-/m1/s1. The maximum atomic E-state index is 11.9. The van der Waals surface area contributed by atoms with Gasteiger partial charge in [0.25, 0.3) is 0 Å². The largest absolute Gasteiger partial charge is 0.369 e. The molecular formula is C14H18ClN3O2. The van der Waals surface area contributed by atoms with E-state index < -0.39 is 0 Å². The molecule has 1 aliphatic rings. The molecule has 1 aromatic rings. The van der Waals surface area contributed by atoms with Crippen LogP contribution in [-0.2, 0) is 9.59 Å². The lowest BCUT2D eigenvalue weighted by Gasteiger charge is -2.30. The smallest absolute Gasteiger partial charge is 0.238 e. The highest BCUT2D eigenvalue weighted by Crippen LogP contribution is 2.16. The number of anilines is 1. The fraction of sp³-hybridized carbons (Fsp3) is 0.429. The Morgan fingerprint density at radius 1 is 1.35 bits per heavy atom. The first-order valence-corrected chi connectivity index (χ1v) is 6.99. The van der Waals surface area contributed by atoms with E-state index >= 15 is 0 Å². The van der Waals surface area contributed by atoms with Crippen LogP contribution in [0.2, 0.25) is 5.02 Å². The van der Waals surface area contributed by atoms with Gasteiger partial charge in [-0.1, -0.05) is 11.6 Å². The fourth-order valence-electron chi connectivity index (χ4n) is 2.37. The number of halogens is 1. The number of nitrogens with two attached hydrogens (primary N) is 1. The van der Waals surface area contributed by atoms with E-state index in [0.29, 0.717) is 17.3 Å². The summed E-state index contributed by atoms with van der Waals surface area (Å²) >= 11 is 5.78. The minimum atomic E-state index is -0.284. The summed E-state index contributed by atoms with van der Waals surface area (Å²) in [5.41, 5.74) is 6.03. The summed E-state index contributed by atoms with van der Waals surface area (Å²) in [6.45, 7) is 1.65. The molecule has 0 aliphatic carbocycles. The van der Waals surface area contributed by atoms with Crippen LogP contribution in [-0.4, -0.2) is 36.3 Å². The predicted octanol–water partition coefficient (Wildman–Crippen LogP) is 1.48. The Labute approximate surface area is 123 Å². The lowest BCUT2D eigenvalue weighted by atomic mass is 9.97. The minimum Gasteiger partial charge on any atom is -0.369 e. The molecule has 1 saturated heterocycles. The average molecular weight is 296 g/mol. The first kappa shape index (κ1) is 14.8. The second-order valence-corrected chi connectivity index (χ2v) is 5.47. The van der Waals surface area contributed by atoms with Crippen LogP contribution in [0.25, 0.3) is 0 Å². The van der Waals surface area contributed by atoms with Gasteiger partial charge in [0.05, 0.1) is 12.5 Å². The van der Waals surface area contributed by atoms with E-state index in [0.717, 1.165) is 19.4 Å². The molecule has 0 saturated carbocycles. The number of nitrogens with one attached hydrogen (secondary N) is 1. The molecule has 1 aliphatic heterocycles. The zero-order chi connectivity index (χ0) is 14.5. The van der Waals surface area contributed by atoms with Crippen molar-refractivity contribution in [2.24, 2.45) is 11.7 Å². The summed E-state index contributed by atoms with van der Waals surface area (Å²) in [6.07, 6.45) is 1.70. The summed E-state index contributed by atoms with van der Waals surface area (Å²) in [5, 5.41) is 3.43. The molecule has 2 rings (SSSR count). The van der Waals surface area contributed by atoms with E-state index in [1.165, 1.54) is 0 Å². The Kier molecular flexibility index (Phi) is 4.98. The van der Waals surface area contributed by atoms with E-state index in [9.17, 15) is 9.59 Å². The molecule has 2 amide bonds. The first-order chi connectivity index (χ1) is 9.54. The average Bonchev–Trinajstić information content (AvgIpc) is 2.41. The molecule has 108 valence electrons. The highest BCUT2D eigenvalue weighted by atomic mass is 35.5. The molecule has 1 heterocycles. The van der Waals surface area contributed by atoms with Gasteiger partial charge in [-0.2, -0.15) is 0 Å². The van der Waals surface area contributed by atoms with Crippen LogP contribution in [0.1, 0.15) is 12.8 Å². The van der Waals surface area contributed by atoms with Crippen molar-refractivity contribution >= 4 is 29.1 Å². The zero-order valence-corrected chi connectivity index (χ0v) is 11.9. The number of nitrogens with zero attached hydrogens (tertiary/aromatic N) is 1. The number of carbonyl (C=O) groups is 2. The Hall–Kier alpha value is -1.59. The van der Waals surface area contributed by atoms with Gasteiger partial charge in [-0.3, -0.25) is 14.5 Å². The van der Waals surface area contributed by atoms with Gasteiger partial charge in [-0.25, -0.2) is 0 Å². The number of rotatable bonds is 4. The van der Waals surface area contributed by atoms with Crippen molar-refractivity contribution in [1.82, 2.24) is 4.90 Å². The highest BCUT2D eigenvalue weighted by Gasteiger charge is 2.24. The van der Waals surface area contributed by atoms with Crippen molar-refractivity contribution in [3.63, 3.8) is 0 Å². The number of amides is 2. The van der Waals surface area contributed by atoms with E-state index in [1.54, 1.807) is 24.3 Å². The Bertz CT molecular complexity index is 490. The topological polar surface area (TPSA) is 75.4 Å². The van der Waals surface area contributed by atoms with Crippen molar-refractivity contribution in [2.75, 3.05) is 25.0 Å². The Morgan fingerprint density at radius 2 is 2.05 bits per heavy atom. The van der Waals surface area contributed by atoms with E-state index in [1.807, 2.05) is 4.90 Å². The first-order valence-electron chi connectivity index (χ1n) is 6.61. The lowest BCUT2D eigenvalue weighted by molar-refractivity contribution is -0.125. The molecule has 1 atom stereocenters. The van der Waals surface area contributed by atoms with Gasteiger partial charge in [0.15, 0.2) is 0 Å². The molecule has 0 bridgehead atoms. The monoisotopic (exact) mass is 295 g/mol. The highest BCUT2D eigenvalue weighted by molar-refractivity contribution is 6.30. The maximum absolute atomic E-state index is 11.9.